The van der Waals surface area contributed by atoms with Crippen molar-refractivity contribution in [3.05, 3.63) is 11.6 Å². The minimum atomic E-state index is -0.421. The molecule has 0 unspecified atom stereocenters. The molecule has 0 aromatic rings. The molecule has 2 aliphatic rings. The number of ether oxygens (including phenoxy) is 1. The summed E-state index contributed by atoms with van der Waals surface area (Å²) in [7, 11) is 0. The van der Waals surface area contributed by atoms with E-state index in [2.05, 4.69) is 0 Å². The van der Waals surface area contributed by atoms with Crippen LogP contribution in [0.4, 0.5) is 0 Å². The second kappa shape index (κ2) is 6.55. The highest BCUT2D eigenvalue weighted by Gasteiger charge is 2.50. The van der Waals surface area contributed by atoms with E-state index < -0.39 is 5.41 Å². The average molecular weight is 302 g/mol. The Morgan fingerprint density at radius 2 is 2.21 bits per heavy atom. The summed E-state index contributed by atoms with van der Waals surface area (Å²) < 4.78 is 5.95. The van der Waals surface area contributed by atoms with Gasteiger partial charge in [-0.1, -0.05) is 6.08 Å². The van der Waals surface area contributed by atoms with Crippen LogP contribution in [0.2, 0.25) is 0 Å². The van der Waals surface area contributed by atoms with E-state index in [4.69, 9.17) is 4.74 Å². The van der Waals surface area contributed by atoms with Gasteiger partial charge in [0.05, 0.1) is 17.6 Å². The first kappa shape index (κ1) is 15.3. The zero-order chi connectivity index (χ0) is 13.9. The maximum Gasteiger partial charge on any atom is 0.307 e. The number of carbonyl (C=O) groups is 1. The lowest BCUT2D eigenvalue weighted by atomic mass is 9.76. The molecule has 19 heavy (non-hydrogen) atoms. The first-order valence-electron chi connectivity index (χ1n) is 6.77. The third-order valence-electron chi connectivity index (χ3n) is 3.96. The lowest BCUT2D eigenvalue weighted by Crippen LogP contribution is -2.38. The molecular weight excluding hydrogens is 280 g/mol. The van der Waals surface area contributed by atoms with Crippen molar-refractivity contribution >= 4 is 29.5 Å². The number of hydrogen-bond acceptors (Lipinski definition) is 5. The molecule has 0 amide bonds. The zero-order valence-corrected chi connectivity index (χ0v) is 13.2. The van der Waals surface area contributed by atoms with Crippen LogP contribution >= 0.6 is 23.5 Å². The molecule has 1 N–H and O–H groups in total. The predicted octanol–water partition coefficient (Wildman–Crippen LogP) is 2.83. The Morgan fingerprint density at radius 1 is 1.53 bits per heavy atom. The maximum atomic E-state index is 11.7. The van der Waals surface area contributed by atoms with E-state index in [1.165, 1.54) is 17.9 Å². The van der Waals surface area contributed by atoms with Crippen LogP contribution in [0.25, 0.3) is 0 Å². The van der Waals surface area contributed by atoms with Gasteiger partial charge in [-0.3, -0.25) is 4.79 Å². The van der Waals surface area contributed by atoms with Gasteiger partial charge in [0.1, 0.15) is 6.10 Å². The number of allylic oxidation sites excluding steroid dienone is 1. The van der Waals surface area contributed by atoms with Crippen molar-refractivity contribution in [2.24, 2.45) is 5.41 Å². The maximum absolute atomic E-state index is 11.7. The van der Waals surface area contributed by atoms with Crippen LogP contribution < -0.4 is 0 Å². The summed E-state index contributed by atoms with van der Waals surface area (Å²) in [5, 5.41) is 9.90. The Morgan fingerprint density at radius 3 is 2.79 bits per heavy atom. The summed E-state index contributed by atoms with van der Waals surface area (Å²) >= 11 is 3.90. The van der Waals surface area contributed by atoms with Crippen LogP contribution in [-0.4, -0.2) is 39.9 Å². The summed E-state index contributed by atoms with van der Waals surface area (Å²) in [4.78, 5) is 11.7. The SMILES string of the molecule is C/C=C(\C)[C@@H]1OC(=O)C[C@@]1(CO)CC1SCCCS1. The van der Waals surface area contributed by atoms with Crippen LogP contribution in [0, 0.1) is 5.41 Å². The van der Waals surface area contributed by atoms with Gasteiger partial charge < -0.3 is 9.84 Å². The summed E-state index contributed by atoms with van der Waals surface area (Å²) in [6.45, 7) is 3.95. The summed E-state index contributed by atoms with van der Waals surface area (Å²) in [5.41, 5.74) is 0.626. The Kier molecular flexibility index (Phi) is 5.26. The molecule has 108 valence electrons. The highest BCUT2D eigenvalue weighted by Crippen LogP contribution is 2.47. The van der Waals surface area contributed by atoms with E-state index in [1.54, 1.807) is 0 Å². The van der Waals surface area contributed by atoms with Crippen molar-refractivity contribution in [2.45, 2.75) is 43.8 Å². The number of aliphatic hydroxyl groups excluding tert-OH is 1. The van der Waals surface area contributed by atoms with Gasteiger partial charge >= 0.3 is 5.97 Å². The van der Waals surface area contributed by atoms with Crippen LogP contribution in [-0.2, 0) is 9.53 Å². The number of thioether (sulfide) groups is 2. The second-order valence-electron chi connectivity index (χ2n) is 5.33. The van der Waals surface area contributed by atoms with Crippen molar-refractivity contribution in [2.75, 3.05) is 18.1 Å². The minimum Gasteiger partial charge on any atom is -0.457 e. The molecule has 2 atom stereocenters. The van der Waals surface area contributed by atoms with Gasteiger partial charge in [0.2, 0.25) is 0 Å². The zero-order valence-electron chi connectivity index (χ0n) is 11.6. The Balaban J connectivity index is 2.16. The molecule has 0 aromatic heterocycles. The fraction of sp³-hybridized carbons (Fsp3) is 0.786. The van der Waals surface area contributed by atoms with Crippen LogP contribution in [0.5, 0.6) is 0 Å². The van der Waals surface area contributed by atoms with Crippen LogP contribution in [0.3, 0.4) is 0 Å². The molecule has 2 saturated heterocycles. The Labute approximate surface area is 123 Å². The van der Waals surface area contributed by atoms with Gasteiger partial charge in [0, 0.05) is 5.41 Å². The molecule has 0 saturated carbocycles. The van der Waals surface area contributed by atoms with E-state index in [9.17, 15) is 9.90 Å². The van der Waals surface area contributed by atoms with Gasteiger partial charge in [-0.25, -0.2) is 0 Å². The third kappa shape index (κ3) is 3.31. The predicted molar refractivity (Wildman–Crippen MR) is 81.4 cm³/mol. The number of rotatable bonds is 4. The van der Waals surface area contributed by atoms with Gasteiger partial charge in [-0.15, -0.1) is 23.5 Å². The Hall–Kier alpha value is -0.130. The minimum absolute atomic E-state index is 0.0200. The number of hydrogen-bond donors (Lipinski definition) is 1. The molecule has 0 bridgehead atoms. The van der Waals surface area contributed by atoms with Crippen molar-refractivity contribution in [3.8, 4) is 0 Å². The monoisotopic (exact) mass is 302 g/mol. The van der Waals surface area contributed by atoms with Gasteiger partial charge in [-0.2, -0.15) is 0 Å². The van der Waals surface area contributed by atoms with E-state index in [0.717, 1.165) is 12.0 Å². The van der Waals surface area contributed by atoms with Gasteiger partial charge in [-0.05, 0) is 43.8 Å². The molecule has 3 nitrogen and oxygen atoms in total. The van der Waals surface area contributed by atoms with E-state index >= 15 is 0 Å². The molecular formula is C14H22O3S2. The first-order valence-corrected chi connectivity index (χ1v) is 8.87. The topological polar surface area (TPSA) is 46.5 Å². The number of esters is 1. The van der Waals surface area contributed by atoms with Gasteiger partial charge in [0.15, 0.2) is 0 Å². The quantitative estimate of drug-likeness (QED) is 0.639. The molecule has 2 heterocycles. The average Bonchev–Trinajstić information content (AvgIpc) is 2.76. The lowest BCUT2D eigenvalue weighted by Gasteiger charge is -2.35. The fourth-order valence-electron chi connectivity index (χ4n) is 2.77. The number of cyclic esters (lactones) is 1. The standard InChI is InChI=1S/C14H22O3S2/c1-3-10(2)13-14(9-15,7-11(16)17-13)8-12-18-5-4-6-19-12/h3,12-13,15H,4-9H2,1-2H3/b10-3+/t13-,14-/m0/s1. The highest BCUT2D eigenvalue weighted by atomic mass is 32.2. The third-order valence-corrected chi connectivity index (χ3v) is 6.90. The highest BCUT2D eigenvalue weighted by molar-refractivity contribution is 8.17. The Bertz CT molecular complexity index is 364. The van der Waals surface area contributed by atoms with E-state index in [1.807, 2.05) is 43.4 Å². The molecule has 2 aliphatic heterocycles. The van der Waals surface area contributed by atoms with Crippen molar-refractivity contribution in [1.82, 2.24) is 0 Å². The van der Waals surface area contributed by atoms with Gasteiger partial charge in [0.25, 0.3) is 0 Å². The summed E-state index contributed by atoms with van der Waals surface area (Å²) in [5.74, 6) is 2.19. The molecule has 5 heteroatoms. The molecule has 2 fully saturated rings. The lowest BCUT2D eigenvalue weighted by molar-refractivity contribution is -0.140. The number of aliphatic hydroxyl groups is 1. The van der Waals surface area contributed by atoms with E-state index in [0.29, 0.717) is 11.0 Å². The normalized spacial score (nSPS) is 33.5. The van der Waals surface area contributed by atoms with Crippen LogP contribution in [0.1, 0.15) is 33.1 Å². The molecule has 0 aliphatic carbocycles. The van der Waals surface area contributed by atoms with Crippen LogP contribution in [0.15, 0.2) is 11.6 Å². The molecule has 0 spiro atoms. The van der Waals surface area contributed by atoms with Crippen molar-refractivity contribution < 1.29 is 14.6 Å². The van der Waals surface area contributed by atoms with Crippen molar-refractivity contribution in [1.29, 1.82) is 0 Å². The smallest absolute Gasteiger partial charge is 0.307 e. The van der Waals surface area contributed by atoms with Crippen molar-refractivity contribution in [3.63, 3.8) is 0 Å². The molecule has 2 rings (SSSR count). The summed E-state index contributed by atoms with van der Waals surface area (Å²) in [6, 6.07) is 0. The second-order valence-corrected chi connectivity index (χ2v) is 8.25. The van der Waals surface area contributed by atoms with E-state index in [-0.39, 0.29) is 18.7 Å². The molecule has 0 aromatic carbocycles. The molecule has 0 radical (unpaired) electrons. The first-order chi connectivity index (χ1) is 9.11. The summed E-state index contributed by atoms with van der Waals surface area (Å²) in [6.07, 6.45) is 4.18. The number of carbonyl (C=O) groups excluding carboxylic acids is 1. The largest absolute Gasteiger partial charge is 0.457 e. The fourth-order valence-corrected chi connectivity index (χ4v) is 5.97.